The van der Waals surface area contributed by atoms with Gasteiger partial charge in [0.05, 0.1) is 21.8 Å². The molecule has 0 radical (unpaired) electrons. The van der Waals surface area contributed by atoms with Crippen LogP contribution in [0, 0.1) is 6.92 Å². The molecular weight excluding hydrogens is 411 g/mol. The van der Waals surface area contributed by atoms with Crippen LogP contribution in [0.5, 0.6) is 5.75 Å². The molecule has 1 amide bonds. The van der Waals surface area contributed by atoms with E-state index in [2.05, 4.69) is 10.4 Å². The second kappa shape index (κ2) is 6.41. The van der Waals surface area contributed by atoms with Crippen LogP contribution < -0.4 is 5.32 Å². The molecule has 0 aliphatic carbocycles. The molecule has 0 saturated carbocycles. The average molecular weight is 424 g/mol. The lowest BCUT2D eigenvalue weighted by Crippen LogP contribution is -2.13. The van der Waals surface area contributed by atoms with Crippen molar-refractivity contribution in [1.82, 2.24) is 9.78 Å². The molecule has 150 valence electrons. The maximum atomic E-state index is 12.9. The van der Waals surface area contributed by atoms with E-state index in [1.807, 2.05) is 0 Å². The molecule has 0 aliphatic heterocycles. The van der Waals surface area contributed by atoms with Crippen molar-refractivity contribution < 1.29 is 27.5 Å². The third-order valence-electron chi connectivity index (χ3n) is 4.48. The largest absolute Gasteiger partial charge is 0.504 e. The molecule has 0 spiro atoms. The summed E-state index contributed by atoms with van der Waals surface area (Å²) in [5.41, 5.74) is 1.08. The summed E-state index contributed by atoms with van der Waals surface area (Å²) in [6.45, 7) is 1.74. The number of phenols is 1. The van der Waals surface area contributed by atoms with Gasteiger partial charge in [-0.05, 0) is 25.1 Å². The highest BCUT2D eigenvalue weighted by molar-refractivity contribution is 6.32. The lowest BCUT2D eigenvalue weighted by Gasteiger charge is -2.11. The van der Waals surface area contributed by atoms with E-state index in [-0.39, 0.29) is 28.2 Å². The van der Waals surface area contributed by atoms with E-state index in [0.717, 1.165) is 18.2 Å². The first-order valence-electron chi connectivity index (χ1n) is 8.32. The first-order valence-corrected chi connectivity index (χ1v) is 8.70. The van der Waals surface area contributed by atoms with E-state index in [1.54, 1.807) is 24.9 Å². The Morgan fingerprint density at radius 3 is 2.62 bits per heavy atom. The molecule has 29 heavy (non-hydrogen) atoms. The summed E-state index contributed by atoms with van der Waals surface area (Å²) < 4.78 is 45.7. The minimum absolute atomic E-state index is 0.0873. The quantitative estimate of drug-likeness (QED) is 0.474. The molecule has 0 fully saturated rings. The number of anilines is 1. The minimum atomic E-state index is -4.60. The van der Waals surface area contributed by atoms with Gasteiger partial charge in [0, 0.05) is 36.1 Å². The van der Waals surface area contributed by atoms with Crippen molar-refractivity contribution in [2.24, 2.45) is 7.05 Å². The molecule has 6 nitrogen and oxygen atoms in total. The number of aromatic hydroxyl groups is 1. The van der Waals surface area contributed by atoms with Crippen LogP contribution in [0.25, 0.3) is 22.3 Å². The first-order chi connectivity index (χ1) is 13.6. The number of fused-ring (bicyclic) bond motifs is 2. The van der Waals surface area contributed by atoms with Crippen molar-refractivity contribution in [3.8, 4) is 16.9 Å². The molecule has 1 aromatic carbocycles. The highest BCUT2D eigenvalue weighted by Crippen LogP contribution is 2.44. The second-order valence-electron chi connectivity index (χ2n) is 6.52. The number of amides is 1. The number of nitrogens with zero attached hydrogens (tertiary/aromatic N) is 2. The molecular formula is C19H13ClF3N3O3. The third-order valence-corrected chi connectivity index (χ3v) is 4.79. The van der Waals surface area contributed by atoms with Crippen molar-refractivity contribution in [3.63, 3.8) is 0 Å². The van der Waals surface area contributed by atoms with Gasteiger partial charge in [0.2, 0.25) is 0 Å². The lowest BCUT2D eigenvalue weighted by atomic mass is 9.99. The number of phenolic OH excluding ortho intramolecular Hbond substituents is 1. The van der Waals surface area contributed by atoms with Crippen molar-refractivity contribution in [1.29, 1.82) is 0 Å². The summed E-state index contributed by atoms with van der Waals surface area (Å²) in [4.78, 5) is 12.9. The predicted molar refractivity (Wildman–Crippen MR) is 100 cm³/mol. The monoisotopic (exact) mass is 423 g/mol. The van der Waals surface area contributed by atoms with E-state index < -0.39 is 22.7 Å². The zero-order valence-electron chi connectivity index (χ0n) is 15.1. The van der Waals surface area contributed by atoms with Gasteiger partial charge in [-0.2, -0.15) is 18.3 Å². The van der Waals surface area contributed by atoms with Gasteiger partial charge in [0.1, 0.15) is 5.58 Å². The number of rotatable bonds is 3. The smallest absolute Gasteiger partial charge is 0.417 e. The number of carbonyl (C=O) groups excluding carboxylic acids is 1. The van der Waals surface area contributed by atoms with Crippen LogP contribution in [-0.2, 0) is 13.2 Å². The highest BCUT2D eigenvalue weighted by atomic mass is 35.5. The Balaban J connectivity index is 1.74. The first kappa shape index (κ1) is 19.1. The van der Waals surface area contributed by atoms with Crippen LogP contribution in [0.3, 0.4) is 0 Å². The van der Waals surface area contributed by atoms with Crippen LogP contribution in [0.4, 0.5) is 18.9 Å². The number of furan rings is 2. The third kappa shape index (κ3) is 3.17. The summed E-state index contributed by atoms with van der Waals surface area (Å²) in [5, 5.41) is 16.3. The number of hydrogen-bond acceptors (Lipinski definition) is 4. The van der Waals surface area contributed by atoms with Crippen LogP contribution >= 0.6 is 11.6 Å². The van der Waals surface area contributed by atoms with Crippen LogP contribution in [0.15, 0.2) is 34.9 Å². The molecule has 2 bridgehead atoms. The number of aromatic nitrogens is 2. The topological polar surface area (TPSA) is 80.3 Å². The molecule has 4 rings (SSSR count). The molecule has 3 aromatic heterocycles. The van der Waals surface area contributed by atoms with E-state index in [9.17, 15) is 23.1 Å². The Labute approximate surface area is 166 Å². The van der Waals surface area contributed by atoms with E-state index in [1.165, 1.54) is 6.07 Å². The number of aryl methyl sites for hydroxylation is 2. The molecule has 4 aromatic rings. The summed E-state index contributed by atoms with van der Waals surface area (Å²) in [7, 11) is 1.71. The van der Waals surface area contributed by atoms with E-state index >= 15 is 0 Å². The standard InChI is InChI=1S/C19H13ClF3N3O3/c1-8-10(7-26(2)25-8)15-16(14-6-13(27)17(15)29-14)18(28)24-9-3-4-11(12(20)5-9)19(21,22)23/h3-7,27H,1-2H3,(H,24,28). The second-order valence-corrected chi connectivity index (χ2v) is 6.93. The predicted octanol–water partition coefficient (Wildman–Crippen LogP) is 5.21. The van der Waals surface area contributed by atoms with Crippen molar-refractivity contribution in [2.75, 3.05) is 5.32 Å². The number of benzene rings is 2. The fraction of sp³-hybridized carbons (Fsp3) is 0.158. The zero-order valence-corrected chi connectivity index (χ0v) is 15.8. The van der Waals surface area contributed by atoms with Gasteiger partial charge >= 0.3 is 6.18 Å². The van der Waals surface area contributed by atoms with Crippen molar-refractivity contribution >= 4 is 34.4 Å². The van der Waals surface area contributed by atoms with Gasteiger partial charge < -0.3 is 14.8 Å². The maximum Gasteiger partial charge on any atom is 0.417 e. The fourth-order valence-corrected chi connectivity index (χ4v) is 3.55. The molecule has 0 unspecified atom stereocenters. The Hall–Kier alpha value is -3.20. The number of nitrogens with one attached hydrogen (secondary N) is 1. The summed E-state index contributed by atoms with van der Waals surface area (Å²) in [5.74, 6) is -0.736. The summed E-state index contributed by atoms with van der Waals surface area (Å²) in [6, 6.07) is 4.24. The number of hydrogen-bond donors (Lipinski definition) is 2. The van der Waals surface area contributed by atoms with Crippen molar-refractivity contribution in [2.45, 2.75) is 13.1 Å². The van der Waals surface area contributed by atoms with E-state index in [0.29, 0.717) is 16.8 Å². The lowest BCUT2D eigenvalue weighted by molar-refractivity contribution is -0.137. The zero-order chi connectivity index (χ0) is 21.1. The minimum Gasteiger partial charge on any atom is -0.504 e. The Kier molecular flexibility index (Phi) is 4.23. The van der Waals surface area contributed by atoms with Gasteiger partial charge in [-0.15, -0.1) is 0 Å². The normalized spacial score (nSPS) is 12.1. The van der Waals surface area contributed by atoms with Gasteiger partial charge in [-0.1, -0.05) is 11.6 Å². The SMILES string of the molecule is Cc1nn(C)cc1-c1c(C(=O)Nc2ccc(C(F)(F)F)c(Cl)c2)c2cc(O)c1o2. The molecule has 0 aliphatic rings. The molecule has 0 saturated heterocycles. The summed E-state index contributed by atoms with van der Waals surface area (Å²) >= 11 is 5.72. The Bertz CT molecular complexity index is 1240. The average Bonchev–Trinajstić information content (AvgIpc) is 3.24. The van der Waals surface area contributed by atoms with Gasteiger partial charge in [0.15, 0.2) is 11.3 Å². The molecule has 3 heterocycles. The number of halogens is 4. The molecule has 10 heteroatoms. The molecule has 0 atom stereocenters. The van der Waals surface area contributed by atoms with Gasteiger partial charge in [-0.3, -0.25) is 9.48 Å². The van der Waals surface area contributed by atoms with E-state index in [4.69, 9.17) is 16.0 Å². The fourth-order valence-electron chi connectivity index (χ4n) is 3.26. The van der Waals surface area contributed by atoms with Crippen molar-refractivity contribution in [3.05, 3.63) is 52.3 Å². The highest BCUT2D eigenvalue weighted by Gasteiger charge is 2.33. The maximum absolute atomic E-state index is 12.9. The summed E-state index contributed by atoms with van der Waals surface area (Å²) in [6.07, 6.45) is -2.92. The van der Waals surface area contributed by atoms with Gasteiger partial charge in [-0.25, -0.2) is 0 Å². The molecule has 2 N–H and O–H groups in total. The Morgan fingerprint density at radius 2 is 2.03 bits per heavy atom. The Morgan fingerprint density at radius 1 is 1.31 bits per heavy atom. The van der Waals surface area contributed by atoms with Crippen LogP contribution in [0.2, 0.25) is 5.02 Å². The number of carbonyl (C=O) groups is 1. The van der Waals surface area contributed by atoms with Crippen LogP contribution in [-0.4, -0.2) is 20.8 Å². The van der Waals surface area contributed by atoms with Gasteiger partial charge in [0.25, 0.3) is 5.91 Å². The van der Waals surface area contributed by atoms with Crippen LogP contribution in [0.1, 0.15) is 21.6 Å². The number of alkyl halides is 3.